The minimum Gasteiger partial charge on any atom is -0.465 e. The summed E-state index contributed by atoms with van der Waals surface area (Å²) >= 11 is 13.2. The molecule has 0 aliphatic carbocycles. The highest BCUT2D eigenvalue weighted by Gasteiger charge is 2.23. The van der Waals surface area contributed by atoms with Crippen LogP contribution < -0.4 is 5.32 Å². The first-order chi connectivity index (χ1) is 12.5. The molecule has 0 aliphatic heterocycles. The van der Waals surface area contributed by atoms with E-state index in [1.165, 1.54) is 30.6 Å². The smallest absolute Gasteiger partial charge is 0.341 e. The van der Waals surface area contributed by atoms with E-state index in [9.17, 15) is 9.59 Å². The molecule has 1 amide bonds. The van der Waals surface area contributed by atoms with E-state index in [4.69, 9.17) is 27.9 Å². The average Bonchev–Trinajstić information content (AvgIpc) is 3.05. The van der Waals surface area contributed by atoms with Gasteiger partial charge in [-0.25, -0.2) is 4.79 Å². The number of thiophene rings is 1. The third kappa shape index (κ3) is 3.75. The molecule has 0 radical (unpaired) electrons. The minimum atomic E-state index is -0.525. The number of rotatable bonds is 4. The molecule has 132 valence electrons. The maximum atomic E-state index is 12.6. The number of hydrogen-bond donors (Lipinski definition) is 1. The number of carbonyl (C=O) groups excluding carboxylic acids is 2. The van der Waals surface area contributed by atoms with Crippen LogP contribution in [0, 0.1) is 0 Å². The van der Waals surface area contributed by atoms with Crippen LogP contribution >= 0.6 is 34.5 Å². The Morgan fingerprint density at radius 1 is 1.08 bits per heavy atom. The molecule has 0 saturated carbocycles. The van der Waals surface area contributed by atoms with Crippen LogP contribution in [0.25, 0.3) is 11.1 Å². The molecule has 1 heterocycles. The number of anilines is 1. The Hall–Kier alpha value is -2.34. The van der Waals surface area contributed by atoms with E-state index in [-0.39, 0.29) is 10.6 Å². The number of halogens is 2. The molecule has 1 aromatic heterocycles. The Balaban J connectivity index is 1.99. The van der Waals surface area contributed by atoms with E-state index in [0.29, 0.717) is 21.2 Å². The fourth-order valence-electron chi connectivity index (χ4n) is 2.43. The summed E-state index contributed by atoms with van der Waals surface area (Å²) in [5.74, 6) is -0.958. The molecule has 1 N–H and O–H groups in total. The molecule has 7 heteroatoms. The second kappa shape index (κ2) is 7.91. The van der Waals surface area contributed by atoms with Crippen molar-refractivity contribution >= 4 is 51.4 Å². The van der Waals surface area contributed by atoms with Crippen LogP contribution in [0.3, 0.4) is 0 Å². The largest absolute Gasteiger partial charge is 0.465 e. The van der Waals surface area contributed by atoms with Crippen LogP contribution in [-0.2, 0) is 4.74 Å². The summed E-state index contributed by atoms with van der Waals surface area (Å²) in [6.07, 6.45) is 0. The zero-order valence-electron chi connectivity index (χ0n) is 13.6. The predicted molar refractivity (Wildman–Crippen MR) is 106 cm³/mol. The third-order valence-electron chi connectivity index (χ3n) is 3.67. The molecule has 3 rings (SSSR count). The number of benzene rings is 2. The minimum absolute atomic E-state index is 0.231. The maximum Gasteiger partial charge on any atom is 0.341 e. The van der Waals surface area contributed by atoms with E-state index in [1.54, 1.807) is 11.4 Å². The molecule has 0 spiro atoms. The summed E-state index contributed by atoms with van der Waals surface area (Å²) in [5.41, 5.74) is 2.12. The van der Waals surface area contributed by atoms with Crippen molar-refractivity contribution in [3.05, 3.63) is 75.1 Å². The summed E-state index contributed by atoms with van der Waals surface area (Å²) in [7, 11) is 1.30. The monoisotopic (exact) mass is 405 g/mol. The average molecular weight is 406 g/mol. The first-order valence-electron chi connectivity index (χ1n) is 7.53. The lowest BCUT2D eigenvalue weighted by Crippen LogP contribution is -2.14. The van der Waals surface area contributed by atoms with Crippen LogP contribution in [0.4, 0.5) is 5.00 Å². The van der Waals surface area contributed by atoms with Gasteiger partial charge >= 0.3 is 5.97 Å². The second-order valence-corrected chi connectivity index (χ2v) is 7.01. The van der Waals surface area contributed by atoms with Crippen LogP contribution in [0.5, 0.6) is 0 Å². The Labute approximate surface area is 164 Å². The highest BCUT2D eigenvalue weighted by molar-refractivity contribution is 7.15. The fraction of sp³-hybridized carbons (Fsp3) is 0.0526. The Kier molecular flexibility index (Phi) is 5.61. The van der Waals surface area contributed by atoms with E-state index in [1.807, 2.05) is 30.3 Å². The van der Waals surface area contributed by atoms with Gasteiger partial charge in [0.25, 0.3) is 5.91 Å². The topological polar surface area (TPSA) is 55.4 Å². The first kappa shape index (κ1) is 18.5. The summed E-state index contributed by atoms with van der Waals surface area (Å²) in [6.45, 7) is 0. The zero-order chi connectivity index (χ0) is 18.7. The number of ether oxygens (including phenoxy) is 1. The predicted octanol–water partition coefficient (Wildman–Crippen LogP) is 5.76. The number of esters is 1. The summed E-state index contributed by atoms with van der Waals surface area (Å²) in [5, 5.41) is 5.61. The lowest BCUT2D eigenvalue weighted by atomic mass is 10.0. The fourth-order valence-corrected chi connectivity index (χ4v) is 3.88. The standard InChI is InChI=1S/C19H13Cl2NO3S/c1-25-19(24)16-14(11-5-3-2-4-6-11)10-26-18(16)22-17(23)13-8-7-12(20)9-15(13)21/h2-10H,1H3,(H,22,23). The van der Waals surface area contributed by atoms with Gasteiger partial charge in [0.2, 0.25) is 0 Å². The normalized spacial score (nSPS) is 10.4. The lowest BCUT2D eigenvalue weighted by Gasteiger charge is -2.09. The quantitative estimate of drug-likeness (QED) is 0.561. The molecule has 2 aromatic carbocycles. The number of nitrogens with one attached hydrogen (secondary N) is 1. The first-order valence-corrected chi connectivity index (χ1v) is 9.16. The van der Waals surface area contributed by atoms with E-state index < -0.39 is 11.9 Å². The molecule has 0 fully saturated rings. The molecule has 26 heavy (non-hydrogen) atoms. The zero-order valence-corrected chi connectivity index (χ0v) is 15.9. The van der Waals surface area contributed by atoms with Gasteiger partial charge in [-0.3, -0.25) is 4.79 Å². The van der Waals surface area contributed by atoms with Gasteiger partial charge in [-0.05, 0) is 23.8 Å². The van der Waals surface area contributed by atoms with Crippen molar-refractivity contribution in [2.45, 2.75) is 0 Å². The number of amides is 1. The van der Waals surface area contributed by atoms with Crippen LogP contribution in [0.1, 0.15) is 20.7 Å². The van der Waals surface area contributed by atoms with Crippen molar-refractivity contribution in [2.75, 3.05) is 12.4 Å². The van der Waals surface area contributed by atoms with Crippen LogP contribution in [0.2, 0.25) is 10.0 Å². The van der Waals surface area contributed by atoms with Gasteiger partial charge in [0, 0.05) is 16.0 Å². The molecule has 0 atom stereocenters. The van der Waals surface area contributed by atoms with Crippen molar-refractivity contribution in [2.24, 2.45) is 0 Å². The summed E-state index contributed by atoms with van der Waals surface area (Å²) in [4.78, 5) is 24.9. The molecule has 4 nitrogen and oxygen atoms in total. The number of carbonyl (C=O) groups is 2. The van der Waals surface area contributed by atoms with Crippen molar-refractivity contribution in [1.82, 2.24) is 0 Å². The van der Waals surface area contributed by atoms with Gasteiger partial charge < -0.3 is 10.1 Å². The summed E-state index contributed by atoms with van der Waals surface area (Å²) in [6, 6.07) is 14.0. The van der Waals surface area contributed by atoms with Crippen LogP contribution in [0.15, 0.2) is 53.9 Å². The van der Waals surface area contributed by atoms with Gasteiger partial charge in [0.1, 0.15) is 10.6 Å². The Morgan fingerprint density at radius 3 is 2.46 bits per heavy atom. The molecule has 0 aliphatic rings. The maximum absolute atomic E-state index is 12.6. The van der Waals surface area contributed by atoms with Gasteiger partial charge in [-0.2, -0.15) is 0 Å². The summed E-state index contributed by atoms with van der Waals surface area (Å²) < 4.78 is 4.90. The molecular formula is C19H13Cl2NO3S. The van der Waals surface area contributed by atoms with Gasteiger partial charge in [-0.1, -0.05) is 53.5 Å². The van der Waals surface area contributed by atoms with E-state index in [2.05, 4.69) is 5.32 Å². The highest BCUT2D eigenvalue weighted by Crippen LogP contribution is 2.36. The van der Waals surface area contributed by atoms with Crippen LogP contribution in [-0.4, -0.2) is 19.0 Å². The van der Waals surface area contributed by atoms with Gasteiger partial charge in [0.05, 0.1) is 17.7 Å². The molecule has 0 bridgehead atoms. The number of methoxy groups -OCH3 is 1. The van der Waals surface area contributed by atoms with Gasteiger partial charge in [-0.15, -0.1) is 11.3 Å². The van der Waals surface area contributed by atoms with Crippen molar-refractivity contribution in [3.8, 4) is 11.1 Å². The second-order valence-electron chi connectivity index (χ2n) is 5.29. The van der Waals surface area contributed by atoms with E-state index in [0.717, 1.165) is 5.56 Å². The van der Waals surface area contributed by atoms with Gasteiger partial charge in [0.15, 0.2) is 0 Å². The molecule has 3 aromatic rings. The number of hydrogen-bond acceptors (Lipinski definition) is 4. The Morgan fingerprint density at radius 2 is 1.81 bits per heavy atom. The lowest BCUT2D eigenvalue weighted by molar-refractivity contribution is 0.0603. The molecular weight excluding hydrogens is 393 g/mol. The SMILES string of the molecule is COC(=O)c1c(-c2ccccc2)csc1NC(=O)c1ccc(Cl)cc1Cl. The van der Waals surface area contributed by atoms with E-state index >= 15 is 0 Å². The van der Waals surface area contributed by atoms with Crippen molar-refractivity contribution in [3.63, 3.8) is 0 Å². The van der Waals surface area contributed by atoms with Crippen molar-refractivity contribution < 1.29 is 14.3 Å². The molecule has 0 unspecified atom stereocenters. The molecule has 0 saturated heterocycles. The highest BCUT2D eigenvalue weighted by atomic mass is 35.5. The van der Waals surface area contributed by atoms with Crippen molar-refractivity contribution in [1.29, 1.82) is 0 Å². The Bertz CT molecular complexity index is 970. The third-order valence-corrected chi connectivity index (χ3v) is 5.11.